The molecule has 0 aliphatic rings. The van der Waals surface area contributed by atoms with E-state index in [1.807, 2.05) is 24.4 Å². The van der Waals surface area contributed by atoms with Crippen LogP contribution in [-0.2, 0) is 10.2 Å². The molecule has 0 fully saturated rings. The molecule has 0 atom stereocenters. The van der Waals surface area contributed by atoms with Crippen LogP contribution in [0.25, 0.3) is 22.6 Å². The maximum Gasteiger partial charge on any atom is 0.207 e. The van der Waals surface area contributed by atoms with Crippen molar-refractivity contribution in [3.8, 4) is 11.5 Å². The summed E-state index contributed by atoms with van der Waals surface area (Å²) in [4.78, 5) is 21.6. The number of fused-ring (bicyclic) bond motifs is 1. The molecule has 0 saturated heterocycles. The standard InChI is InChI=1S/C16H18N4O/c1-16(2,9-17-10-21)11-5-6-12-14(8-11)20-15(19-12)13-4-3-7-18-13/h3-8,10,18H,9H2,1-2H3,(H,17,21)(H,19,20). The smallest absolute Gasteiger partial charge is 0.207 e. The van der Waals surface area contributed by atoms with E-state index in [1.54, 1.807) is 0 Å². The van der Waals surface area contributed by atoms with Gasteiger partial charge in [-0.05, 0) is 29.8 Å². The number of amides is 1. The van der Waals surface area contributed by atoms with E-state index >= 15 is 0 Å². The molecule has 2 heterocycles. The first-order valence-electron chi connectivity index (χ1n) is 6.91. The molecule has 0 aliphatic carbocycles. The third-order valence-corrected chi connectivity index (χ3v) is 3.74. The number of hydrogen-bond donors (Lipinski definition) is 3. The zero-order chi connectivity index (χ0) is 14.9. The molecule has 5 nitrogen and oxygen atoms in total. The first-order chi connectivity index (χ1) is 10.1. The second-order valence-electron chi connectivity index (χ2n) is 5.78. The molecule has 108 valence electrons. The van der Waals surface area contributed by atoms with E-state index in [0.717, 1.165) is 34.5 Å². The van der Waals surface area contributed by atoms with Gasteiger partial charge in [0.05, 0.1) is 16.7 Å². The Bertz CT molecular complexity index is 756. The van der Waals surface area contributed by atoms with Crippen LogP contribution in [0.5, 0.6) is 0 Å². The zero-order valence-corrected chi connectivity index (χ0v) is 12.1. The van der Waals surface area contributed by atoms with Crippen molar-refractivity contribution >= 4 is 17.4 Å². The van der Waals surface area contributed by atoms with Crippen LogP contribution in [0.4, 0.5) is 0 Å². The molecule has 2 aromatic heterocycles. The lowest BCUT2D eigenvalue weighted by molar-refractivity contribution is -0.109. The van der Waals surface area contributed by atoms with Crippen LogP contribution in [0.3, 0.4) is 0 Å². The van der Waals surface area contributed by atoms with Crippen molar-refractivity contribution in [2.75, 3.05) is 6.54 Å². The van der Waals surface area contributed by atoms with Gasteiger partial charge in [0.15, 0.2) is 5.82 Å². The van der Waals surface area contributed by atoms with Crippen molar-refractivity contribution in [3.63, 3.8) is 0 Å². The van der Waals surface area contributed by atoms with Gasteiger partial charge in [0.25, 0.3) is 0 Å². The number of carbonyl (C=O) groups is 1. The molecule has 0 unspecified atom stereocenters. The van der Waals surface area contributed by atoms with Crippen molar-refractivity contribution in [2.24, 2.45) is 0 Å². The predicted octanol–water partition coefficient (Wildman–Crippen LogP) is 2.58. The number of benzene rings is 1. The molecular weight excluding hydrogens is 264 g/mol. The van der Waals surface area contributed by atoms with E-state index < -0.39 is 0 Å². The average molecular weight is 282 g/mol. The van der Waals surface area contributed by atoms with Gasteiger partial charge >= 0.3 is 0 Å². The van der Waals surface area contributed by atoms with E-state index in [4.69, 9.17) is 0 Å². The van der Waals surface area contributed by atoms with Crippen molar-refractivity contribution in [2.45, 2.75) is 19.3 Å². The van der Waals surface area contributed by atoms with E-state index in [0.29, 0.717) is 6.54 Å². The normalized spacial score (nSPS) is 11.7. The van der Waals surface area contributed by atoms with Gasteiger partial charge in [-0.25, -0.2) is 4.98 Å². The van der Waals surface area contributed by atoms with Gasteiger partial charge in [0, 0.05) is 18.2 Å². The minimum Gasteiger partial charge on any atom is -0.359 e. The SMILES string of the molecule is CC(C)(CNC=O)c1ccc2nc(-c3ccc[nH]3)[nH]c2c1. The molecule has 0 aliphatic heterocycles. The Morgan fingerprint density at radius 3 is 2.90 bits per heavy atom. The summed E-state index contributed by atoms with van der Waals surface area (Å²) in [7, 11) is 0. The summed E-state index contributed by atoms with van der Waals surface area (Å²) in [5, 5.41) is 2.75. The Morgan fingerprint density at radius 1 is 1.33 bits per heavy atom. The molecular formula is C16H18N4O. The number of imidazole rings is 1. The first-order valence-corrected chi connectivity index (χ1v) is 6.91. The summed E-state index contributed by atoms with van der Waals surface area (Å²) < 4.78 is 0. The molecule has 0 spiro atoms. The number of hydrogen-bond acceptors (Lipinski definition) is 2. The second-order valence-corrected chi connectivity index (χ2v) is 5.78. The fraction of sp³-hybridized carbons (Fsp3) is 0.250. The largest absolute Gasteiger partial charge is 0.359 e. The molecule has 3 aromatic rings. The lowest BCUT2D eigenvalue weighted by Gasteiger charge is -2.24. The number of nitrogens with zero attached hydrogens (tertiary/aromatic N) is 1. The van der Waals surface area contributed by atoms with Gasteiger partial charge in [-0.1, -0.05) is 19.9 Å². The van der Waals surface area contributed by atoms with Crippen molar-refractivity contribution in [1.29, 1.82) is 0 Å². The minimum absolute atomic E-state index is 0.132. The number of nitrogens with one attached hydrogen (secondary N) is 3. The third kappa shape index (κ3) is 2.54. The van der Waals surface area contributed by atoms with E-state index in [1.165, 1.54) is 0 Å². The molecule has 0 saturated carbocycles. The summed E-state index contributed by atoms with van der Waals surface area (Å²) in [5.74, 6) is 0.830. The highest BCUT2D eigenvalue weighted by atomic mass is 16.1. The third-order valence-electron chi connectivity index (χ3n) is 3.74. The highest BCUT2D eigenvalue weighted by Gasteiger charge is 2.21. The lowest BCUT2D eigenvalue weighted by atomic mass is 9.84. The van der Waals surface area contributed by atoms with Crippen molar-refractivity contribution in [3.05, 3.63) is 42.1 Å². The molecule has 3 rings (SSSR count). The summed E-state index contributed by atoms with van der Waals surface area (Å²) in [5.41, 5.74) is 3.92. The maximum atomic E-state index is 10.5. The van der Waals surface area contributed by atoms with Crippen LogP contribution in [0.15, 0.2) is 36.5 Å². The zero-order valence-electron chi connectivity index (χ0n) is 12.1. The first kappa shape index (κ1) is 13.4. The fourth-order valence-corrected chi connectivity index (χ4v) is 2.43. The van der Waals surface area contributed by atoms with Gasteiger partial charge in [-0.2, -0.15) is 0 Å². The highest BCUT2D eigenvalue weighted by Crippen LogP contribution is 2.26. The van der Waals surface area contributed by atoms with Crippen molar-refractivity contribution < 1.29 is 4.79 Å². The van der Waals surface area contributed by atoms with Crippen LogP contribution in [0.1, 0.15) is 19.4 Å². The molecule has 21 heavy (non-hydrogen) atoms. The van der Waals surface area contributed by atoms with Crippen molar-refractivity contribution in [1.82, 2.24) is 20.3 Å². The number of carbonyl (C=O) groups excluding carboxylic acids is 1. The number of H-pyrrole nitrogens is 2. The summed E-state index contributed by atoms with van der Waals surface area (Å²) in [6, 6.07) is 10.1. The summed E-state index contributed by atoms with van der Waals surface area (Å²) in [6.07, 6.45) is 2.61. The van der Waals surface area contributed by atoms with Gasteiger partial charge in [-0.15, -0.1) is 0 Å². The van der Waals surface area contributed by atoms with Crippen LogP contribution in [0.2, 0.25) is 0 Å². The van der Waals surface area contributed by atoms with E-state index in [2.05, 4.69) is 46.2 Å². The predicted molar refractivity (Wildman–Crippen MR) is 83.0 cm³/mol. The Labute approximate surface area is 122 Å². The number of aromatic nitrogens is 3. The van der Waals surface area contributed by atoms with Crippen LogP contribution >= 0.6 is 0 Å². The Morgan fingerprint density at radius 2 is 2.19 bits per heavy atom. The highest BCUT2D eigenvalue weighted by molar-refractivity contribution is 5.79. The molecule has 1 aromatic carbocycles. The molecule has 0 bridgehead atoms. The van der Waals surface area contributed by atoms with Gasteiger partial charge in [0.1, 0.15) is 0 Å². The molecule has 0 radical (unpaired) electrons. The molecule has 1 amide bonds. The monoisotopic (exact) mass is 282 g/mol. The average Bonchev–Trinajstić information content (AvgIpc) is 3.12. The summed E-state index contributed by atoms with van der Waals surface area (Å²) in [6.45, 7) is 4.81. The van der Waals surface area contributed by atoms with Crippen LogP contribution in [0, 0.1) is 0 Å². The van der Waals surface area contributed by atoms with Gasteiger partial charge < -0.3 is 15.3 Å². The van der Waals surface area contributed by atoms with E-state index in [-0.39, 0.29) is 5.41 Å². The second kappa shape index (κ2) is 5.09. The van der Waals surface area contributed by atoms with E-state index in [9.17, 15) is 4.79 Å². The van der Waals surface area contributed by atoms with Crippen LogP contribution < -0.4 is 5.32 Å². The number of rotatable bonds is 5. The Hall–Kier alpha value is -2.56. The van der Waals surface area contributed by atoms with Gasteiger partial charge in [-0.3, -0.25) is 4.79 Å². The number of aromatic amines is 2. The molecule has 3 N–H and O–H groups in total. The Kier molecular flexibility index (Phi) is 3.25. The lowest BCUT2D eigenvalue weighted by Crippen LogP contribution is -2.32. The quantitative estimate of drug-likeness (QED) is 0.629. The Balaban J connectivity index is 1.98. The fourth-order valence-electron chi connectivity index (χ4n) is 2.43. The minimum atomic E-state index is -0.132. The van der Waals surface area contributed by atoms with Gasteiger partial charge in [0.2, 0.25) is 6.41 Å². The van der Waals surface area contributed by atoms with Crippen LogP contribution in [-0.4, -0.2) is 27.9 Å². The maximum absolute atomic E-state index is 10.5. The molecule has 5 heteroatoms. The summed E-state index contributed by atoms with van der Waals surface area (Å²) >= 11 is 0. The topological polar surface area (TPSA) is 73.6 Å².